The molecule has 0 unspecified atom stereocenters. The van der Waals surface area contributed by atoms with Crippen molar-refractivity contribution < 1.29 is 31.9 Å². The zero-order valence-electron chi connectivity index (χ0n) is 23.1. The van der Waals surface area contributed by atoms with Gasteiger partial charge in [0.05, 0.1) is 36.2 Å². The lowest BCUT2D eigenvalue weighted by Crippen LogP contribution is -2.39. The maximum atomic E-state index is 13.5. The third kappa shape index (κ3) is 9.09. The Morgan fingerprint density at radius 2 is 1.60 bits per heavy atom. The van der Waals surface area contributed by atoms with E-state index in [4.69, 9.17) is 25.5 Å². The zero-order valence-corrected chi connectivity index (χ0v) is 24.7. The second-order valence-corrected chi connectivity index (χ2v) is 11.2. The molecule has 0 atom stereocenters. The summed E-state index contributed by atoms with van der Waals surface area (Å²) in [6.07, 6.45) is 2.92. The Hall–Kier alpha value is -4.81. The van der Waals surface area contributed by atoms with Gasteiger partial charge in [-0.3, -0.25) is 13.9 Å². The zero-order chi connectivity index (χ0) is 30.7. The lowest BCUT2D eigenvalue weighted by Gasteiger charge is -2.24. The van der Waals surface area contributed by atoms with Crippen LogP contribution in [0.4, 0.5) is 5.69 Å². The van der Waals surface area contributed by atoms with E-state index in [9.17, 15) is 18.0 Å². The summed E-state index contributed by atoms with van der Waals surface area (Å²) in [5.41, 5.74) is 3.26. The topological polar surface area (TPSA) is 140 Å². The molecule has 0 fully saturated rings. The molecule has 43 heavy (non-hydrogen) atoms. The summed E-state index contributed by atoms with van der Waals surface area (Å²) in [5.74, 6) is 0.697. The van der Waals surface area contributed by atoms with Gasteiger partial charge >= 0.3 is 0 Å². The molecule has 2 amide bonds. The third-order valence-corrected chi connectivity index (χ3v) is 7.86. The molecule has 224 valence electrons. The van der Waals surface area contributed by atoms with Crippen molar-refractivity contribution in [1.82, 2.24) is 10.7 Å². The van der Waals surface area contributed by atoms with Crippen LogP contribution in [0.15, 0.2) is 106 Å². The number of carbonyl (C=O) groups excluding carboxylic acids is 2. The second-order valence-electron chi connectivity index (χ2n) is 8.90. The van der Waals surface area contributed by atoms with E-state index in [2.05, 4.69) is 15.8 Å². The first kappa shape index (κ1) is 31.1. The molecule has 11 nitrogen and oxygen atoms in total. The molecule has 0 aliphatic heterocycles. The van der Waals surface area contributed by atoms with Gasteiger partial charge in [-0.2, -0.15) is 5.10 Å². The van der Waals surface area contributed by atoms with Crippen LogP contribution < -0.4 is 24.5 Å². The minimum atomic E-state index is -4.13. The Morgan fingerprint density at radius 1 is 0.930 bits per heavy atom. The van der Waals surface area contributed by atoms with Crippen molar-refractivity contribution in [2.45, 2.75) is 18.4 Å². The van der Waals surface area contributed by atoms with Crippen molar-refractivity contribution in [3.63, 3.8) is 0 Å². The van der Waals surface area contributed by atoms with Crippen LogP contribution in [0, 0.1) is 0 Å². The molecular formula is C30H29ClN4O7S. The fourth-order valence-corrected chi connectivity index (χ4v) is 5.26. The average molecular weight is 625 g/mol. The summed E-state index contributed by atoms with van der Waals surface area (Å²) in [5, 5.41) is 7.01. The summed E-state index contributed by atoms with van der Waals surface area (Å²) in [6.45, 7) is 1.84. The Kier molecular flexibility index (Phi) is 10.8. The van der Waals surface area contributed by atoms with Gasteiger partial charge in [0.25, 0.3) is 21.8 Å². The van der Waals surface area contributed by atoms with E-state index in [0.29, 0.717) is 34.5 Å². The largest absolute Gasteiger partial charge is 0.494 e. The van der Waals surface area contributed by atoms with Crippen molar-refractivity contribution in [3.8, 4) is 11.5 Å². The van der Waals surface area contributed by atoms with Gasteiger partial charge in [0.2, 0.25) is 0 Å². The predicted molar refractivity (Wildman–Crippen MR) is 162 cm³/mol. The van der Waals surface area contributed by atoms with Crippen LogP contribution in [-0.4, -0.2) is 46.2 Å². The van der Waals surface area contributed by atoms with Gasteiger partial charge in [-0.05, 0) is 97.4 Å². The molecule has 0 spiro atoms. The number of ether oxygens (including phenoxy) is 2. The van der Waals surface area contributed by atoms with Crippen molar-refractivity contribution in [2.75, 3.05) is 24.1 Å². The number of sulfonamides is 1. The van der Waals surface area contributed by atoms with E-state index in [1.807, 2.05) is 6.92 Å². The lowest BCUT2D eigenvalue weighted by molar-refractivity contribution is -0.123. The number of benzene rings is 3. The summed E-state index contributed by atoms with van der Waals surface area (Å²) in [4.78, 5) is 24.7. The summed E-state index contributed by atoms with van der Waals surface area (Å²) < 4.78 is 44.1. The molecule has 0 saturated carbocycles. The number of rotatable bonds is 14. The van der Waals surface area contributed by atoms with E-state index in [1.165, 1.54) is 36.7 Å². The van der Waals surface area contributed by atoms with Crippen molar-refractivity contribution >= 4 is 45.3 Å². The number of hydrogen-bond donors (Lipinski definition) is 2. The van der Waals surface area contributed by atoms with E-state index in [1.54, 1.807) is 60.7 Å². The highest BCUT2D eigenvalue weighted by molar-refractivity contribution is 7.92. The lowest BCUT2D eigenvalue weighted by atomic mass is 10.2. The Bertz CT molecular complexity index is 1630. The monoisotopic (exact) mass is 624 g/mol. The number of halogens is 1. The quantitative estimate of drug-likeness (QED) is 0.157. The molecule has 1 aromatic heterocycles. The molecule has 3 aromatic carbocycles. The van der Waals surface area contributed by atoms with E-state index in [-0.39, 0.29) is 29.6 Å². The molecule has 0 aliphatic rings. The van der Waals surface area contributed by atoms with E-state index >= 15 is 0 Å². The van der Waals surface area contributed by atoms with Crippen LogP contribution in [0.1, 0.15) is 18.2 Å². The Morgan fingerprint density at radius 3 is 2.26 bits per heavy atom. The molecule has 13 heteroatoms. The minimum absolute atomic E-state index is 0.0283. The van der Waals surface area contributed by atoms with E-state index < -0.39 is 22.5 Å². The number of furan rings is 1. The summed E-state index contributed by atoms with van der Waals surface area (Å²) >= 11 is 5.93. The van der Waals surface area contributed by atoms with Crippen LogP contribution in [0.3, 0.4) is 0 Å². The standard InChI is InChI=1S/C30H29ClN4O7S/c1-2-40-25-13-9-24(10-14-25)35(43(38,39)28-15-7-23(31)8-16-28)20-29(36)34-33-18-22-5-11-26(12-6-22)42-21-30(37)32-19-27-4-3-17-41-27/h3-18H,2,19-21H2,1H3,(H,32,37)(H,34,36)/b33-18-. The van der Waals surface area contributed by atoms with Crippen molar-refractivity contribution in [1.29, 1.82) is 0 Å². The van der Waals surface area contributed by atoms with Crippen LogP contribution in [0.2, 0.25) is 5.02 Å². The van der Waals surface area contributed by atoms with Gasteiger partial charge in [0.15, 0.2) is 6.61 Å². The number of carbonyl (C=O) groups is 2. The number of hydrogen-bond acceptors (Lipinski definition) is 8. The first-order chi connectivity index (χ1) is 20.7. The number of nitrogens with zero attached hydrogens (tertiary/aromatic N) is 2. The first-order valence-corrected chi connectivity index (χ1v) is 14.9. The normalized spacial score (nSPS) is 11.2. The molecular weight excluding hydrogens is 596 g/mol. The molecule has 0 aliphatic carbocycles. The van der Waals surface area contributed by atoms with Gasteiger partial charge in [-0.1, -0.05) is 11.6 Å². The highest BCUT2D eigenvalue weighted by Crippen LogP contribution is 2.26. The molecule has 4 rings (SSSR count). The summed E-state index contributed by atoms with van der Waals surface area (Å²) in [7, 11) is -4.13. The van der Waals surface area contributed by atoms with Gasteiger partial charge in [-0.15, -0.1) is 0 Å². The van der Waals surface area contributed by atoms with Gasteiger partial charge < -0.3 is 19.2 Å². The molecule has 0 radical (unpaired) electrons. The highest BCUT2D eigenvalue weighted by atomic mass is 35.5. The summed E-state index contributed by atoms with van der Waals surface area (Å²) in [6, 6.07) is 22.2. The number of nitrogens with one attached hydrogen (secondary N) is 2. The smallest absolute Gasteiger partial charge is 0.264 e. The third-order valence-electron chi connectivity index (χ3n) is 5.82. The fraction of sp³-hybridized carbons (Fsp3) is 0.167. The van der Waals surface area contributed by atoms with Crippen molar-refractivity contribution in [3.05, 3.63) is 108 Å². The van der Waals surface area contributed by atoms with E-state index in [0.717, 1.165) is 4.31 Å². The SMILES string of the molecule is CCOc1ccc(N(CC(=O)N/N=C\c2ccc(OCC(=O)NCc3ccco3)cc2)S(=O)(=O)c2ccc(Cl)cc2)cc1. The predicted octanol–water partition coefficient (Wildman–Crippen LogP) is 4.37. The molecule has 2 N–H and O–H groups in total. The number of anilines is 1. The number of amides is 2. The second kappa shape index (κ2) is 14.9. The van der Waals surface area contributed by atoms with Crippen molar-refractivity contribution in [2.24, 2.45) is 5.10 Å². The van der Waals surface area contributed by atoms with Gasteiger partial charge in [-0.25, -0.2) is 13.8 Å². The molecule has 1 heterocycles. The van der Waals surface area contributed by atoms with Crippen LogP contribution >= 0.6 is 11.6 Å². The highest BCUT2D eigenvalue weighted by Gasteiger charge is 2.27. The molecule has 0 bridgehead atoms. The first-order valence-electron chi connectivity index (χ1n) is 13.1. The fourth-order valence-electron chi connectivity index (χ4n) is 3.72. The molecule has 4 aromatic rings. The Balaban J connectivity index is 1.35. The molecule has 0 saturated heterocycles. The minimum Gasteiger partial charge on any atom is -0.494 e. The number of hydrazone groups is 1. The van der Waals surface area contributed by atoms with Crippen LogP contribution in [0.25, 0.3) is 0 Å². The maximum absolute atomic E-state index is 13.5. The van der Waals surface area contributed by atoms with Crippen LogP contribution in [-0.2, 0) is 26.2 Å². The van der Waals surface area contributed by atoms with Crippen LogP contribution in [0.5, 0.6) is 11.5 Å². The maximum Gasteiger partial charge on any atom is 0.264 e. The van der Waals surface area contributed by atoms with Gasteiger partial charge in [0, 0.05) is 5.02 Å². The average Bonchev–Trinajstić information content (AvgIpc) is 3.53. The van der Waals surface area contributed by atoms with Gasteiger partial charge in [0.1, 0.15) is 23.8 Å². The Labute approximate surface area is 254 Å².